The Morgan fingerprint density at radius 2 is 1.77 bits per heavy atom. The molecule has 2 amide bonds. The molecule has 0 spiro atoms. The van der Waals surface area contributed by atoms with Crippen molar-refractivity contribution in [3.8, 4) is 0 Å². The number of anilines is 1. The molecular formula is C20H22N2O3S. The Morgan fingerprint density at radius 1 is 1.08 bits per heavy atom. The lowest BCUT2D eigenvalue weighted by molar-refractivity contribution is -0.120. The molecule has 0 unspecified atom stereocenters. The lowest BCUT2D eigenvalue weighted by Crippen LogP contribution is -2.52. The van der Waals surface area contributed by atoms with E-state index >= 15 is 0 Å². The fraction of sp³-hybridized carbons (Fsp3) is 0.300. The van der Waals surface area contributed by atoms with E-state index < -0.39 is 0 Å². The van der Waals surface area contributed by atoms with E-state index in [9.17, 15) is 9.59 Å². The highest BCUT2D eigenvalue weighted by molar-refractivity contribution is 7.99. The number of carbonyl (C=O) groups is 2. The zero-order valence-corrected chi connectivity index (χ0v) is 15.5. The van der Waals surface area contributed by atoms with Gasteiger partial charge < -0.3 is 14.9 Å². The maximum atomic E-state index is 12.7. The summed E-state index contributed by atoms with van der Waals surface area (Å²) in [6, 6.07) is 15.1. The van der Waals surface area contributed by atoms with Crippen molar-refractivity contribution < 1.29 is 14.7 Å². The third kappa shape index (κ3) is 4.26. The number of rotatable bonds is 5. The van der Waals surface area contributed by atoms with E-state index in [2.05, 4.69) is 0 Å². The zero-order valence-electron chi connectivity index (χ0n) is 14.7. The van der Waals surface area contributed by atoms with Gasteiger partial charge in [-0.2, -0.15) is 0 Å². The summed E-state index contributed by atoms with van der Waals surface area (Å²) >= 11 is 1.54. The van der Waals surface area contributed by atoms with Crippen molar-refractivity contribution in [2.45, 2.75) is 11.8 Å². The lowest BCUT2D eigenvalue weighted by atomic mass is 10.1. The Hall–Kier alpha value is -2.31. The molecule has 1 heterocycles. The zero-order chi connectivity index (χ0) is 18.5. The summed E-state index contributed by atoms with van der Waals surface area (Å²) in [7, 11) is 0. The van der Waals surface area contributed by atoms with Crippen molar-refractivity contribution in [1.82, 2.24) is 4.90 Å². The van der Waals surface area contributed by atoms with Crippen LogP contribution in [0.3, 0.4) is 0 Å². The third-order valence-corrected chi connectivity index (χ3v) is 5.31. The van der Waals surface area contributed by atoms with Crippen molar-refractivity contribution >= 4 is 29.3 Å². The summed E-state index contributed by atoms with van der Waals surface area (Å²) in [5.74, 6) is 0.437. The second kappa shape index (κ2) is 8.38. The molecule has 0 saturated carbocycles. The molecule has 1 saturated heterocycles. The average Bonchev–Trinajstić information content (AvgIpc) is 2.67. The standard InChI is InChI=1S/C20H22N2O3S/c1-15-2-6-17(7-3-15)22-11-10-21(14-19(22)24)20(25)16-4-8-18(9-5-16)26-13-12-23/h2-9,23H,10-14H2,1H3. The number of aliphatic hydroxyl groups is 1. The van der Waals surface area contributed by atoms with E-state index in [4.69, 9.17) is 5.11 Å². The van der Waals surface area contributed by atoms with Crippen LogP contribution in [0.25, 0.3) is 0 Å². The van der Waals surface area contributed by atoms with Gasteiger partial charge in [-0.1, -0.05) is 17.7 Å². The molecule has 0 aromatic heterocycles. The number of aryl methyl sites for hydroxylation is 1. The number of aliphatic hydroxyl groups excluding tert-OH is 1. The van der Waals surface area contributed by atoms with Crippen LogP contribution in [-0.4, -0.2) is 53.8 Å². The van der Waals surface area contributed by atoms with E-state index in [1.54, 1.807) is 21.9 Å². The van der Waals surface area contributed by atoms with Gasteiger partial charge in [0, 0.05) is 35.0 Å². The van der Waals surface area contributed by atoms with E-state index in [1.807, 2.05) is 43.3 Å². The highest BCUT2D eigenvalue weighted by Gasteiger charge is 2.28. The summed E-state index contributed by atoms with van der Waals surface area (Å²) in [6.07, 6.45) is 0. The second-order valence-corrected chi connectivity index (χ2v) is 7.37. The Bertz CT molecular complexity index is 775. The van der Waals surface area contributed by atoms with Gasteiger partial charge in [0.05, 0.1) is 6.61 Å². The molecule has 1 aliphatic heterocycles. The van der Waals surface area contributed by atoms with Crippen LogP contribution in [0.2, 0.25) is 0 Å². The quantitative estimate of drug-likeness (QED) is 0.822. The number of hydrogen-bond donors (Lipinski definition) is 1. The van der Waals surface area contributed by atoms with Crippen LogP contribution in [0.1, 0.15) is 15.9 Å². The summed E-state index contributed by atoms with van der Waals surface area (Å²) in [5.41, 5.74) is 2.60. The molecule has 0 atom stereocenters. The first kappa shape index (κ1) is 18.5. The van der Waals surface area contributed by atoms with E-state index in [0.29, 0.717) is 24.4 Å². The topological polar surface area (TPSA) is 60.9 Å². The number of carbonyl (C=O) groups excluding carboxylic acids is 2. The fourth-order valence-electron chi connectivity index (χ4n) is 2.88. The van der Waals surface area contributed by atoms with Crippen LogP contribution < -0.4 is 4.90 Å². The van der Waals surface area contributed by atoms with E-state index in [1.165, 1.54) is 11.8 Å². The van der Waals surface area contributed by atoms with Crippen LogP contribution in [0, 0.1) is 6.92 Å². The van der Waals surface area contributed by atoms with Gasteiger partial charge in [0.15, 0.2) is 0 Å². The molecule has 1 aliphatic rings. The maximum Gasteiger partial charge on any atom is 0.254 e. The van der Waals surface area contributed by atoms with Gasteiger partial charge in [0.2, 0.25) is 5.91 Å². The molecule has 2 aromatic carbocycles. The monoisotopic (exact) mass is 370 g/mol. The molecule has 1 N–H and O–H groups in total. The highest BCUT2D eigenvalue weighted by atomic mass is 32.2. The van der Waals surface area contributed by atoms with Crippen LogP contribution in [0.5, 0.6) is 0 Å². The summed E-state index contributed by atoms with van der Waals surface area (Å²) < 4.78 is 0. The largest absolute Gasteiger partial charge is 0.396 e. The van der Waals surface area contributed by atoms with Gasteiger partial charge >= 0.3 is 0 Å². The van der Waals surface area contributed by atoms with Gasteiger partial charge in [0.1, 0.15) is 6.54 Å². The molecular weight excluding hydrogens is 348 g/mol. The van der Waals surface area contributed by atoms with Crippen molar-refractivity contribution in [1.29, 1.82) is 0 Å². The second-order valence-electron chi connectivity index (χ2n) is 6.20. The number of benzene rings is 2. The molecule has 136 valence electrons. The van der Waals surface area contributed by atoms with Gasteiger partial charge in [-0.3, -0.25) is 9.59 Å². The normalized spacial score (nSPS) is 14.6. The van der Waals surface area contributed by atoms with E-state index in [0.717, 1.165) is 16.1 Å². The molecule has 1 fully saturated rings. The predicted molar refractivity (Wildman–Crippen MR) is 104 cm³/mol. The Balaban J connectivity index is 1.63. The van der Waals surface area contributed by atoms with Crippen molar-refractivity contribution in [3.05, 3.63) is 59.7 Å². The first-order valence-electron chi connectivity index (χ1n) is 8.58. The van der Waals surface area contributed by atoms with E-state index in [-0.39, 0.29) is 25.0 Å². The lowest BCUT2D eigenvalue weighted by Gasteiger charge is -2.34. The SMILES string of the molecule is Cc1ccc(N2CCN(C(=O)c3ccc(SCCO)cc3)CC2=O)cc1. The summed E-state index contributed by atoms with van der Waals surface area (Å²) in [4.78, 5) is 29.5. The smallest absolute Gasteiger partial charge is 0.254 e. The van der Waals surface area contributed by atoms with Gasteiger partial charge in [0.25, 0.3) is 5.91 Å². The molecule has 0 bridgehead atoms. The minimum Gasteiger partial charge on any atom is -0.396 e. The molecule has 0 aliphatic carbocycles. The minimum absolute atomic E-state index is 0.0661. The number of amides is 2. The minimum atomic E-state index is -0.124. The Labute approximate surface area is 157 Å². The molecule has 5 nitrogen and oxygen atoms in total. The number of piperazine rings is 1. The third-order valence-electron chi connectivity index (χ3n) is 4.31. The number of thioether (sulfide) groups is 1. The molecule has 0 radical (unpaired) electrons. The van der Waals surface area contributed by atoms with Crippen molar-refractivity contribution in [3.63, 3.8) is 0 Å². The predicted octanol–water partition coefficient (Wildman–Crippen LogP) is 2.57. The van der Waals surface area contributed by atoms with Crippen molar-refractivity contribution in [2.75, 3.05) is 36.9 Å². The fourth-order valence-corrected chi connectivity index (χ4v) is 3.54. The van der Waals surface area contributed by atoms with Crippen LogP contribution in [0.15, 0.2) is 53.4 Å². The molecule has 6 heteroatoms. The Morgan fingerprint density at radius 3 is 2.38 bits per heavy atom. The first-order valence-corrected chi connectivity index (χ1v) is 9.57. The van der Waals surface area contributed by atoms with Crippen molar-refractivity contribution in [2.24, 2.45) is 0 Å². The molecule has 26 heavy (non-hydrogen) atoms. The molecule has 2 aromatic rings. The summed E-state index contributed by atoms with van der Waals surface area (Å²) in [6.45, 7) is 3.24. The average molecular weight is 370 g/mol. The van der Waals surface area contributed by atoms with Gasteiger partial charge in [-0.15, -0.1) is 11.8 Å². The molecule has 3 rings (SSSR count). The number of nitrogens with zero attached hydrogens (tertiary/aromatic N) is 2. The maximum absolute atomic E-state index is 12.7. The van der Waals surface area contributed by atoms with Crippen LogP contribution in [-0.2, 0) is 4.79 Å². The summed E-state index contributed by atoms with van der Waals surface area (Å²) in [5, 5.41) is 8.87. The first-order chi connectivity index (χ1) is 12.6. The van der Waals surface area contributed by atoms with Gasteiger partial charge in [-0.05, 0) is 43.3 Å². The highest BCUT2D eigenvalue weighted by Crippen LogP contribution is 2.21. The Kier molecular flexibility index (Phi) is 5.96. The van der Waals surface area contributed by atoms with Gasteiger partial charge in [-0.25, -0.2) is 0 Å². The number of hydrogen-bond acceptors (Lipinski definition) is 4. The van der Waals surface area contributed by atoms with Crippen LogP contribution >= 0.6 is 11.8 Å². The van der Waals surface area contributed by atoms with Crippen LogP contribution in [0.4, 0.5) is 5.69 Å².